The minimum atomic E-state index is 0.00771. The molecule has 0 atom stereocenters. The Balaban J connectivity index is 1.67. The molecule has 0 unspecified atom stereocenters. The number of anilines is 1. The Morgan fingerprint density at radius 1 is 0.833 bits per heavy atom. The van der Waals surface area contributed by atoms with Crippen LogP contribution in [0.1, 0.15) is 12.0 Å². The SMILES string of the molecule is O=C(CCc1ccc(Cl)cc1)Nc1ccccc1-c1ccccc1. The van der Waals surface area contributed by atoms with Crippen molar-refractivity contribution in [3.63, 3.8) is 0 Å². The van der Waals surface area contributed by atoms with Crippen LogP contribution in [0.5, 0.6) is 0 Å². The molecular formula is C21H18ClNO. The molecule has 2 nitrogen and oxygen atoms in total. The molecule has 3 aromatic carbocycles. The molecule has 1 N–H and O–H groups in total. The summed E-state index contributed by atoms with van der Waals surface area (Å²) in [5.74, 6) is 0.00771. The average Bonchev–Trinajstić information content (AvgIpc) is 2.62. The lowest BCUT2D eigenvalue weighted by Crippen LogP contribution is -2.13. The number of amides is 1. The van der Waals surface area contributed by atoms with Crippen molar-refractivity contribution in [2.45, 2.75) is 12.8 Å². The lowest BCUT2D eigenvalue weighted by Gasteiger charge is -2.11. The molecule has 120 valence electrons. The number of nitrogens with one attached hydrogen (secondary N) is 1. The van der Waals surface area contributed by atoms with E-state index in [1.165, 1.54) is 0 Å². The maximum atomic E-state index is 12.3. The number of carbonyl (C=O) groups excluding carboxylic acids is 1. The molecule has 3 heteroatoms. The fraction of sp³-hybridized carbons (Fsp3) is 0.0952. The van der Waals surface area contributed by atoms with E-state index in [1.54, 1.807) is 0 Å². The maximum Gasteiger partial charge on any atom is 0.224 e. The van der Waals surface area contributed by atoms with Crippen molar-refractivity contribution in [3.05, 3.63) is 89.4 Å². The van der Waals surface area contributed by atoms with Crippen LogP contribution in [-0.4, -0.2) is 5.91 Å². The van der Waals surface area contributed by atoms with E-state index in [2.05, 4.69) is 5.32 Å². The third-order valence-corrected chi connectivity index (χ3v) is 4.09. The highest BCUT2D eigenvalue weighted by Crippen LogP contribution is 2.27. The van der Waals surface area contributed by atoms with Crippen molar-refractivity contribution < 1.29 is 4.79 Å². The normalized spacial score (nSPS) is 10.4. The summed E-state index contributed by atoms with van der Waals surface area (Å²) in [7, 11) is 0. The zero-order valence-corrected chi connectivity index (χ0v) is 14.0. The predicted octanol–water partition coefficient (Wildman–Crippen LogP) is 5.58. The van der Waals surface area contributed by atoms with Gasteiger partial charge in [-0.05, 0) is 35.7 Å². The minimum Gasteiger partial charge on any atom is -0.326 e. The van der Waals surface area contributed by atoms with Crippen LogP contribution in [0, 0.1) is 0 Å². The van der Waals surface area contributed by atoms with E-state index >= 15 is 0 Å². The summed E-state index contributed by atoms with van der Waals surface area (Å²) in [6.07, 6.45) is 1.13. The summed E-state index contributed by atoms with van der Waals surface area (Å²) in [6.45, 7) is 0. The fourth-order valence-electron chi connectivity index (χ4n) is 2.58. The van der Waals surface area contributed by atoms with Crippen LogP contribution >= 0.6 is 11.6 Å². The zero-order chi connectivity index (χ0) is 16.8. The summed E-state index contributed by atoms with van der Waals surface area (Å²) >= 11 is 5.88. The second-order valence-corrected chi connectivity index (χ2v) is 6.02. The van der Waals surface area contributed by atoms with Crippen LogP contribution in [0.2, 0.25) is 5.02 Å². The summed E-state index contributed by atoms with van der Waals surface area (Å²) in [6, 6.07) is 25.5. The molecule has 0 fully saturated rings. The van der Waals surface area contributed by atoms with E-state index in [0.29, 0.717) is 17.9 Å². The largest absolute Gasteiger partial charge is 0.326 e. The lowest BCUT2D eigenvalue weighted by atomic mass is 10.0. The standard InChI is InChI=1S/C21H18ClNO/c22-18-13-10-16(11-14-18)12-15-21(24)23-20-9-5-4-8-19(20)17-6-2-1-3-7-17/h1-11,13-14H,12,15H2,(H,23,24). The first-order valence-electron chi connectivity index (χ1n) is 7.91. The predicted molar refractivity (Wildman–Crippen MR) is 100 cm³/mol. The van der Waals surface area contributed by atoms with Gasteiger partial charge in [0.25, 0.3) is 0 Å². The average molecular weight is 336 g/mol. The molecule has 0 bridgehead atoms. The highest BCUT2D eigenvalue weighted by Gasteiger charge is 2.08. The number of rotatable bonds is 5. The van der Waals surface area contributed by atoms with Crippen LogP contribution in [0.15, 0.2) is 78.9 Å². The number of halogens is 1. The molecule has 0 saturated carbocycles. The Morgan fingerprint density at radius 3 is 2.25 bits per heavy atom. The van der Waals surface area contributed by atoms with Crippen molar-refractivity contribution in [2.24, 2.45) is 0 Å². The molecule has 1 amide bonds. The first-order chi connectivity index (χ1) is 11.7. The fourth-order valence-corrected chi connectivity index (χ4v) is 2.71. The Hall–Kier alpha value is -2.58. The van der Waals surface area contributed by atoms with Gasteiger partial charge in [0, 0.05) is 22.7 Å². The molecule has 3 aromatic rings. The number of carbonyl (C=O) groups is 1. The second-order valence-electron chi connectivity index (χ2n) is 5.59. The summed E-state index contributed by atoms with van der Waals surface area (Å²) in [5, 5.41) is 3.73. The first-order valence-corrected chi connectivity index (χ1v) is 8.29. The van der Waals surface area contributed by atoms with Crippen LogP contribution in [0.4, 0.5) is 5.69 Å². The summed E-state index contributed by atoms with van der Waals surface area (Å²) in [5.41, 5.74) is 4.06. The van der Waals surface area contributed by atoms with E-state index in [0.717, 1.165) is 22.4 Å². The van der Waals surface area contributed by atoms with Crippen LogP contribution in [0.25, 0.3) is 11.1 Å². The van der Waals surface area contributed by atoms with E-state index in [9.17, 15) is 4.79 Å². The number of aryl methyl sites for hydroxylation is 1. The third-order valence-electron chi connectivity index (χ3n) is 3.84. The Kier molecular flexibility index (Phi) is 5.29. The van der Waals surface area contributed by atoms with Crippen molar-refractivity contribution in [2.75, 3.05) is 5.32 Å². The van der Waals surface area contributed by atoms with E-state index < -0.39 is 0 Å². The third kappa shape index (κ3) is 4.24. The molecule has 0 spiro atoms. The van der Waals surface area contributed by atoms with E-state index in [-0.39, 0.29) is 5.91 Å². The van der Waals surface area contributed by atoms with E-state index in [4.69, 9.17) is 11.6 Å². The molecule has 3 rings (SSSR count). The summed E-state index contributed by atoms with van der Waals surface area (Å²) < 4.78 is 0. The van der Waals surface area contributed by atoms with E-state index in [1.807, 2.05) is 78.9 Å². The van der Waals surface area contributed by atoms with Gasteiger partial charge in [-0.15, -0.1) is 0 Å². The molecule has 0 aliphatic carbocycles. The molecular weight excluding hydrogens is 318 g/mol. The van der Waals surface area contributed by atoms with Gasteiger partial charge in [-0.3, -0.25) is 4.79 Å². The van der Waals surface area contributed by atoms with Gasteiger partial charge in [0.05, 0.1) is 0 Å². The minimum absolute atomic E-state index is 0.00771. The van der Waals surface area contributed by atoms with Gasteiger partial charge in [-0.2, -0.15) is 0 Å². The Labute approximate surface area is 147 Å². The highest BCUT2D eigenvalue weighted by molar-refractivity contribution is 6.30. The van der Waals surface area contributed by atoms with Crippen molar-refractivity contribution >= 4 is 23.2 Å². The first kappa shape index (κ1) is 16.3. The van der Waals surface area contributed by atoms with Crippen LogP contribution < -0.4 is 5.32 Å². The van der Waals surface area contributed by atoms with Gasteiger partial charge < -0.3 is 5.32 Å². The van der Waals surface area contributed by atoms with Gasteiger partial charge in [-0.25, -0.2) is 0 Å². The van der Waals surface area contributed by atoms with Crippen molar-refractivity contribution in [1.82, 2.24) is 0 Å². The molecule has 0 heterocycles. The smallest absolute Gasteiger partial charge is 0.224 e. The number of benzene rings is 3. The molecule has 24 heavy (non-hydrogen) atoms. The van der Waals surface area contributed by atoms with Crippen LogP contribution in [-0.2, 0) is 11.2 Å². The number of para-hydroxylation sites is 1. The number of hydrogen-bond acceptors (Lipinski definition) is 1. The molecule has 0 aromatic heterocycles. The summed E-state index contributed by atoms with van der Waals surface area (Å²) in [4.78, 5) is 12.3. The van der Waals surface area contributed by atoms with Gasteiger partial charge in [0.15, 0.2) is 0 Å². The molecule has 0 radical (unpaired) electrons. The molecule has 0 aliphatic heterocycles. The lowest BCUT2D eigenvalue weighted by molar-refractivity contribution is -0.116. The molecule has 0 aliphatic rings. The number of hydrogen-bond donors (Lipinski definition) is 1. The second kappa shape index (κ2) is 7.80. The monoisotopic (exact) mass is 335 g/mol. The quantitative estimate of drug-likeness (QED) is 0.648. The molecule has 0 saturated heterocycles. The maximum absolute atomic E-state index is 12.3. The zero-order valence-electron chi connectivity index (χ0n) is 13.2. The van der Waals surface area contributed by atoms with Gasteiger partial charge >= 0.3 is 0 Å². The van der Waals surface area contributed by atoms with Crippen molar-refractivity contribution in [3.8, 4) is 11.1 Å². The van der Waals surface area contributed by atoms with Crippen LogP contribution in [0.3, 0.4) is 0 Å². The Bertz CT molecular complexity index is 813. The highest BCUT2D eigenvalue weighted by atomic mass is 35.5. The van der Waals surface area contributed by atoms with Crippen molar-refractivity contribution in [1.29, 1.82) is 0 Å². The van der Waals surface area contributed by atoms with Gasteiger partial charge in [0.2, 0.25) is 5.91 Å². The van der Waals surface area contributed by atoms with Gasteiger partial charge in [0.1, 0.15) is 0 Å². The Morgan fingerprint density at radius 2 is 1.50 bits per heavy atom. The topological polar surface area (TPSA) is 29.1 Å². The van der Waals surface area contributed by atoms with Gasteiger partial charge in [-0.1, -0.05) is 72.3 Å².